The van der Waals surface area contributed by atoms with Gasteiger partial charge in [-0.05, 0) is 48.0 Å². The molecule has 2 aromatic carbocycles. The van der Waals surface area contributed by atoms with Crippen LogP contribution in [-0.2, 0) is 14.8 Å². The second-order valence-electron chi connectivity index (χ2n) is 6.51. The van der Waals surface area contributed by atoms with Gasteiger partial charge in [-0.1, -0.05) is 17.0 Å². The molecule has 1 unspecified atom stereocenters. The first-order chi connectivity index (χ1) is 13.7. The van der Waals surface area contributed by atoms with Crippen LogP contribution in [0.3, 0.4) is 0 Å². The van der Waals surface area contributed by atoms with Crippen molar-refractivity contribution in [2.75, 3.05) is 20.7 Å². The lowest BCUT2D eigenvalue weighted by Gasteiger charge is -2.14. The summed E-state index contributed by atoms with van der Waals surface area (Å²) in [7, 11) is -0.783. The van der Waals surface area contributed by atoms with Crippen LogP contribution >= 0.6 is 0 Å². The van der Waals surface area contributed by atoms with Crippen LogP contribution in [-0.4, -0.2) is 54.5 Å². The van der Waals surface area contributed by atoms with Gasteiger partial charge < -0.3 is 10.2 Å². The predicted octanol–water partition coefficient (Wildman–Crippen LogP) is 1.13. The molecule has 0 saturated heterocycles. The van der Waals surface area contributed by atoms with Crippen molar-refractivity contribution in [3.05, 3.63) is 53.8 Å². The summed E-state index contributed by atoms with van der Waals surface area (Å²) in [6, 6.07) is 9.76. The van der Waals surface area contributed by atoms with Gasteiger partial charge in [-0.3, -0.25) is 4.79 Å². The first-order valence-electron chi connectivity index (χ1n) is 8.64. The molecule has 11 heteroatoms. The number of sulfonamides is 1. The molecule has 1 amide bonds. The zero-order valence-corrected chi connectivity index (χ0v) is 16.9. The summed E-state index contributed by atoms with van der Waals surface area (Å²) in [6.45, 7) is 1.39. The van der Waals surface area contributed by atoms with Crippen LogP contribution in [0.5, 0.6) is 0 Å². The molecule has 1 heterocycles. The van der Waals surface area contributed by atoms with Crippen LogP contribution < -0.4 is 10.2 Å². The van der Waals surface area contributed by atoms with Crippen molar-refractivity contribution in [3.63, 3.8) is 0 Å². The van der Waals surface area contributed by atoms with E-state index in [1.165, 1.54) is 44.4 Å². The lowest BCUT2D eigenvalue weighted by atomic mass is 10.1. The van der Waals surface area contributed by atoms with E-state index in [0.717, 1.165) is 14.7 Å². The van der Waals surface area contributed by atoms with E-state index < -0.39 is 15.9 Å². The Labute approximate surface area is 167 Å². The van der Waals surface area contributed by atoms with Gasteiger partial charge in [0.05, 0.1) is 10.9 Å². The molecule has 9 nitrogen and oxygen atoms in total. The zero-order valence-electron chi connectivity index (χ0n) is 16.0. The van der Waals surface area contributed by atoms with Gasteiger partial charge in [0.1, 0.15) is 16.9 Å². The maximum atomic E-state index is 13.0. The molecule has 3 rings (SSSR count). The molecule has 0 aliphatic rings. The Morgan fingerprint density at radius 1 is 1.24 bits per heavy atom. The summed E-state index contributed by atoms with van der Waals surface area (Å²) >= 11 is 0. The van der Waals surface area contributed by atoms with Crippen molar-refractivity contribution >= 4 is 27.0 Å². The Morgan fingerprint density at radius 3 is 2.59 bits per heavy atom. The zero-order chi connectivity index (χ0) is 21.2. The fraction of sp³-hybridized carbons (Fsp3) is 0.278. The lowest BCUT2D eigenvalue weighted by molar-refractivity contribution is -0.127. The number of carbonyl (C=O) groups is 1. The van der Waals surface area contributed by atoms with E-state index in [2.05, 4.69) is 15.6 Å². The molecule has 3 aromatic rings. The molecular formula is C18H20FN5O4S. The topological polar surface area (TPSA) is 106 Å². The lowest BCUT2D eigenvalue weighted by Crippen LogP contribution is -2.33. The van der Waals surface area contributed by atoms with E-state index in [4.69, 9.17) is 4.84 Å². The number of hydrogen-bond donors (Lipinski definition) is 1. The number of hydrogen-bond acceptors (Lipinski definition) is 6. The highest BCUT2D eigenvalue weighted by Gasteiger charge is 2.19. The minimum absolute atomic E-state index is 0.0523. The highest BCUT2D eigenvalue weighted by atomic mass is 32.2. The van der Waals surface area contributed by atoms with E-state index in [1.54, 1.807) is 19.1 Å². The first-order valence-corrected chi connectivity index (χ1v) is 10.1. The van der Waals surface area contributed by atoms with Crippen LogP contribution in [0.25, 0.3) is 11.0 Å². The van der Waals surface area contributed by atoms with Crippen LogP contribution in [0.4, 0.5) is 4.39 Å². The monoisotopic (exact) mass is 421 g/mol. The van der Waals surface area contributed by atoms with Crippen LogP contribution in [0, 0.1) is 5.82 Å². The molecule has 0 bridgehead atoms. The van der Waals surface area contributed by atoms with Crippen LogP contribution in [0.2, 0.25) is 0 Å². The molecular weight excluding hydrogens is 401 g/mol. The third-order valence-electron chi connectivity index (χ3n) is 4.23. The highest BCUT2D eigenvalue weighted by Crippen LogP contribution is 2.19. The SMILES string of the molecule is CC(NC(=O)COn1nnc2ccc(S(=O)(=O)N(C)C)cc21)c1ccc(F)cc1. The Kier molecular flexibility index (Phi) is 5.80. The molecule has 29 heavy (non-hydrogen) atoms. The number of nitrogens with one attached hydrogen (secondary N) is 1. The number of benzene rings is 2. The highest BCUT2D eigenvalue weighted by molar-refractivity contribution is 7.89. The maximum absolute atomic E-state index is 13.0. The molecule has 1 atom stereocenters. The van der Waals surface area contributed by atoms with Gasteiger partial charge in [0.15, 0.2) is 6.61 Å². The summed E-state index contributed by atoms with van der Waals surface area (Å²) in [6.07, 6.45) is 0. The van der Waals surface area contributed by atoms with E-state index in [0.29, 0.717) is 11.0 Å². The summed E-state index contributed by atoms with van der Waals surface area (Å²) < 4.78 is 38.7. The smallest absolute Gasteiger partial charge is 0.261 e. The fourth-order valence-corrected chi connectivity index (χ4v) is 3.50. The van der Waals surface area contributed by atoms with Gasteiger partial charge in [-0.15, -0.1) is 5.10 Å². The molecule has 154 valence electrons. The van der Waals surface area contributed by atoms with Gasteiger partial charge in [0.25, 0.3) is 5.91 Å². The Morgan fingerprint density at radius 2 is 1.93 bits per heavy atom. The van der Waals surface area contributed by atoms with Gasteiger partial charge in [-0.25, -0.2) is 17.1 Å². The molecule has 1 aromatic heterocycles. The number of nitrogens with zero attached hydrogens (tertiary/aromatic N) is 4. The summed E-state index contributed by atoms with van der Waals surface area (Å²) in [5.74, 6) is -0.785. The Balaban J connectivity index is 1.70. The van der Waals surface area contributed by atoms with Crippen molar-refractivity contribution in [1.29, 1.82) is 0 Å². The van der Waals surface area contributed by atoms with Crippen LogP contribution in [0.15, 0.2) is 47.4 Å². The molecule has 0 radical (unpaired) electrons. The van der Waals surface area contributed by atoms with Crippen molar-refractivity contribution < 1.29 is 22.4 Å². The Bertz CT molecular complexity index is 1130. The summed E-state index contributed by atoms with van der Waals surface area (Å²) in [5, 5.41) is 10.4. The van der Waals surface area contributed by atoms with E-state index >= 15 is 0 Å². The number of carbonyl (C=O) groups excluding carboxylic acids is 1. The van der Waals surface area contributed by atoms with E-state index in [-0.39, 0.29) is 23.4 Å². The normalized spacial score (nSPS) is 12.9. The molecule has 1 N–H and O–H groups in total. The molecule has 0 fully saturated rings. The molecule has 0 saturated carbocycles. The van der Waals surface area contributed by atoms with Gasteiger partial charge in [0.2, 0.25) is 10.0 Å². The maximum Gasteiger partial charge on any atom is 0.261 e. The van der Waals surface area contributed by atoms with E-state index in [1.807, 2.05) is 0 Å². The second kappa shape index (κ2) is 8.13. The largest absolute Gasteiger partial charge is 0.385 e. The molecule has 0 aliphatic heterocycles. The Hall–Kier alpha value is -3.05. The van der Waals surface area contributed by atoms with Crippen molar-refractivity contribution in [1.82, 2.24) is 24.8 Å². The number of amides is 1. The average Bonchev–Trinajstić information content (AvgIpc) is 3.09. The van der Waals surface area contributed by atoms with Crippen LogP contribution in [0.1, 0.15) is 18.5 Å². The van der Waals surface area contributed by atoms with Crippen molar-refractivity contribution in [3.8, 4) is 0 Å². The minimum Gasteiger partial charge on any atom is -0.385 e. The first kappa shape index (κ1) is 20.7. The van der Waals surface area contributed by atoms with E-state index in [9.17, 15) is 17.6 Å². The van der Waals surface area contributed by atoms with Crippen molar-refractivity contribution in [2.45, 2.75) is 17.9 Å². The number of fused-ring (bicyclic) bond motifs is 1. The number of aromatic nitrogens is 3. The fourth-order valence-electron chi connectivity index (χ4n) is 2.58. The third-order valence-corrected chi connectivity index (χ3v) is 6.04. The minimum atomic E-state index is -3.64. The van der Waals surface area contributed by atoms with Crippen molar-refractivity contribution in [2.24, 2.45) is 0 Å². The summed E-state index contributed by atoms with van der Waals surface area (Å²) in [5.41, 5.74) is 1.47. The quantitative estimate of drug-likeness (QED) is 0.613. The molecule has 0 spiro atoms. The average molecular weight is 421 g/mol. The van der Waals surface area contributed by atoms with Gasteiger partial charge in [-0.2, -0.15) is 0 Å². The predicted molar refractivity (Wildman–Crippen MR) is 103 cm³/mol. The second-order valence-corrected chi connectivity index (χ2v) is 8.67. The number of rotatable bonds is 7. The van der Waals surface area contributed by atoms with Gasteiger partial charge in [0, 0.05) is 14.1 Å². The molecule has 0 aliphatic carbocycles. The number of halogens is 1. The standard InChI is InChI=1S/C18H20FN5O4S/c1-12(13-4-6-14(19)7-5-13)20-18(25)11-28-24-17-10-15(29(26,27)23(2)3)8-9-16(17)21-22-24/h4-10,12H,11H2,1-3H3,(H,20,25). The summed E-state index contributed by atoms with van der Waals surface area (Å²) in [4.78, 5) is 18.6. The third kappa shape index (κ3) is 4.51. The van der Waals surface area contributed by atoms with Gasteiger partial charge >= 0.3 is 0 Å².